The Morgan fingerprint density at radius 3 is 2.36 bits per heavy atom. The van der Waals surface area contributed by atoms with E-state index in [9.17, 15) is 14.7 Å². The van der Waals surface area contributed by atoms with Gasteiger partial charge in [-0.25, -0.2) is 4.79 Å². The number of nitrogens with one attached hydrogen (secondary N) is 1. The van der Waals surface area contributed by atoms with Gasteiger partial charge in [0.2, 0.25) is 0 Å². The van der Waals surface area contributed by atoms with Gasteiger partial charge in [0.1, 0.15) is 0 Å². The molecule has 2 aromatic rings. The Bertz CT molecular complexity index is 770. The van der Waals surface area contributed by atoms with E-state index in [-0.39, 0.29) is 0 Å². The Labute approximate surface area is 147 Å². The molecular formula is C20H22N2O3. The molecule has 1 amide bonds. The lowest BCUT2D eigenvalue weighted by Gasteiger charge is -2.27. The zero-order valence-electron chi connectivity index (χ0n) is 14.2. The average molecular weight is 338 g/mol. The fraction of sp³-hybridized carbons (Fsp3) is 0.300. The molecule has 1 saturated heterocycles. The SMILES string of the molecule is CC(NC(=O)c1cccc(N2CCCC2)c1)(C(=O)O)c1ccccc1. The number of rotatable bonds is 5. The highest BCUT2D eigenvalue weighted by Gasteiger charge is 2.37. The Kier molecular flexibility index (Phi) is 4.74. The first-order chi connectivity index (χ1) is 12.0. The quantitative estimate of drug-likeness (QED) is 0.879. The fourth-order valence-electron chi connectivity index (χ4n) is 3.14. The topological polar surface area (TPSA) is 69.6 Å². The van der Waals surface area contributed by atoms with Crippen LogP contribution in [0.25, 0.3) is 0 Å². The number of nitrogens with zero attached hydrogens (tertiary/aromatic N) is 1. The van der Waals surface area contributed by atoms with Crippen molar-refractivity contribution in [2.45, 2.75) is 25.3 Å². The number of carbonyl (C=O) groups excluding carboxylic acids is 1. The number of benzene rings is 2. The molecule has 3 rings (SSSR count). The lowest BCUT2D eigenvalue weighted by Crippen LogP contribution is -2.49. The van der Waals surface area contributed by atoms with Crippen molar-refractivity contribution < 1.29 is 14.7 Å². The van der Waals surface area contributed by atoms with E-state index in [1.807, 2.05) is 24.3 Å². The van der Waals surface area contributed by atoms with Gasteiger partial charge in [0.15, 0.2) is 5.54 Å². The average Bonchev–Trinajstić information content (AvgIpc) is 3.17. The van der Waals surface area contributed by atoms with E-state index in [1.54, 1.807) is 30.3 Å². The van der Waals surface area contributed by atoms with E-state index in [0.717, 1.165) is 31.6 Å². The van der Waals surface area contributed by atoms with Crippen molar-refractivity contribution in [3.63, 3.8) is 0 Å². The zero-order chi connectivity index (χ0) is 17.9. The number of hydrogen-bond acceptors (Lipinski definition) is 3. The summed E-state index contributed by atoms with van der Waals surface area (Å²) in [6, 6.07) is 16.1. The predicted molar refractivity (Wildman–Crippen MR) is 96.8 cm³/mol. The van der Waals surface area contributed by atoms with Crippen molar-refractivity contribution >= 4 is 17.6 Å². The molecule has 0 radical (unpaired) electrons. The first kappa shape index (κ1) is 17.0. The maximum Gasteiger partial charge on any atom is 0.333 e. The Hall–Kier alpha value is -2.82. The summed E-state index contributed by atoms with van der Waals surface area (Å²) in [5, 5.41) is 12.4. The van der Waals surface area contributed by atoms with Crippen molar-refractivity contribution in [2.75, 3.05) is 18.0 Å². The number of amides is 1. The van der Waals surface area contributed by atoms with Gasteiger partial charge in [-0.1, -0.05) is 36.4 Å². The summed E-state index contributed by atoms with van der Waals surface area (Å²) < 4.78 is 0. The predicted octanol–water partition coefficient (Wildman–Crippen LogP) is 3.02. The Morgan fingerprint density at radius 1 is 1.04 bits per heavy atom. The lowest BCUT2D eigenvalue weighted by molar-refractivity contribution is -0.144. The highest BCUT2D eigenvalue weighted by atomic mass is 16.4. The number of carboxylic acid groups (broad SMARTS) is 1. The van der Waals surface area contributed by atoms with Crippen LogP contribution in [0.15, 0.2) is 54.6 Å². The van der Waals surface area contributed by atoms with Gasteiger partial charge in [0, 0.05) is 24.3 Å². The highest BCUT2D eigenvalue weighted by Crippen LogP contribution is 2.24. The number of hydrogen-bond donors (Lipinski definition) is 2. The summed E-state index contributed by atoms with van der Waals surface area (Å²) >= 11 is 0. The van der Waals surface area contributed by atoms with Crippen molar-refractivity contribution in [1.29, 1.82) is 0 Å². The van der Waals surface area contributed by atoms with E-state index in [4.69, 9.17) is 0 Å². The van der Waals surface area contributed by atoms with Gasteiger partial charge in [-0.2, -0.15) is 0 Å². The van der Waals surface area contributed by atoms with E-state index in [2.05, 4.69) is 10.2 Å². The van der Waals surface area contributed by atoms with Crippen LogP contribution < -0.4 is 10.2 Å². The minimum absolute atomic E-state index is 0.394. The van der Waals surface area contributed by atoms with Gasteiger partial charge < -0.3 is 15.3 Å². The van der Waals surface area contributed by atoms with Gasteiger partial charge in [0.05, 0.1) is 0 Å². The van der Waals surface area contributed by atoms with E-state index < -0.39 is 17.4 Å². The Balaban J connectivity index is 1.85. The molecule has 1 aliphatic heterocycles. The molecule has 1 fully saturated rings. The van der Waals surface area contributed by atoms with E-state index in [1.165, 1.54) is 6.92 Å². The molecule has 5 heteroatoms. The minimum Gasteiger partial charge on any atom is -0.479 e. The molecule has 0 spiro atoms. The second-order valence-corrected chi connectivity index (χ2v) is 6.49. The first-order valence-corrected chi connectivity index (χ1v) is 8.47. The summed E-state index contributed by atoms with van der Waals surface area (Å²) in [6.45, 7) is 3.48. The van der Waals surface area contributed by atoms with Gasteiger partial charge in [-0.05, 0) is 43.5 Å². The summed E-state index contributed by atoms with van der Waals surface area (Å²) in [4.78, 5) is 26.8. The summed E-state index contributed by atoms with van der Waals surface area (Å²) in [6.07, 6.45) is 2.31. The number of carbonyl (C=O) groups is 2. The van der Waals surface area contributed by atoms with Gasteiger partial charge in [-0.15, -0.1) is 0 Å². The van der Waals surface area contributed by atoms with Crippen LogP contribution in [0.5, 0.6) is 0 Å². The molecule has 0 bridgehead atoms. The highest BCUT2D eigenvalue weighted by molar-refractivity contribution is 5.98. The monoisotopic (exact) mass is 338 g/mol. The minimum atomic E-state index is -1.48. The molecule has 2 aromatic carbocycles. The maximum atomic E-state index is 12.7. The van der Waals surface area contributed by atoms with Crippen LogP contribution in [0.4, 0.5) is 5.69 Å². The molecule has 1 heterocycles. The largest absolute Gasteiger partial charge is 0.479 e. The van der Waals surface area contributed by atoms with Crippen LogP contribution in [-0.4, -0.2) is 30.1 Å². The van der Waals surface area contributed by atoms with Crippen molar-refractivity contribution in [3.8, 4) is 0 Å². The third kappa shape index (κ3) is 3.50. The maximum absolute atomic E-state index is 12.7. The van der Waals surface area contributed by atoms with Crippen LogP contribution >= 0.6 is 0 Å². The van der Waals surface area contributed by atoms with Gasteiger partial charge >= 0.3 is 5.97 Å². The molecule has 25 heavy (non-hydrogen) atoms. The second kappa shape index (κ2) is 6.97. The fourth-order valence-corrected chi connectivity index (χ4v) is 3.14. The molecule has 0 aliphatic carbocycles. The first-order valence-electron chi connectivity index (χ1n) is 8.47. The third-order valence-electron chi connectivity index (χ3n) is 4.72. The Morgan fingerprint density at radius 2 is 1.72 bits per heavy atom. The molecule has 5 nitrogen and oxygen atoms in total. The van der Waals surface area contributed by atoms with Crippen LogP contribution in [-0.2, 0) is 10.3 Å². The number of aliphatic carboxylic acids is 1. The van der Waals surface area contributed by atoms with E-state index >= 15 is 0 Å². The number of anilines is 1. The standard InChI is InChI=1S/C20H22N2O3/c1-20(19(24)25,16-9-3-2-4-10-16)21-18(23)15-8-7-11-17(14-15)22-12-5-6-13-22/h2-4,7-11,14H,5-6,12-13H2,1H3,(H,21,23)(H,24,25). The summed E-state index contributed by atoms with van der Waals surface area (Å²) in [5.74, 6) is -1.49. The molecule has 0 aromatic heterocycles. The zero-order valence-corrected chi connectivity index (χ0v) is 14.2. The summed E-state index contributed by atoms with van der Waals surface area (Å²) in [5.41, 5.74) is 0.517. The molecule has 0 saturated carbocycles. The van der Waals surface area contributed by atoms with Crippen LogP contribution in [0.2, 0.25) is 0 Å². The lowest BCUT2D eigenvalue weighted by atomic mass is 9.91. The molecular weight excluding hydrogens is 316 g/mol. The van der Waals surface area contributed by atoms with Gasteiger partial charge in [-0.3, -0.25) is 4.79 Å². The molecule has 1 unspecified atom stereocenters. The molecule has 130 valence electrons. The summed E-state index contributed by atoms with van der Waals surface area (Å²) in [7, 11) is 0. The molecule has 2 N–H and O–H groups in total. The smallest absolute Gasteiger partial charge is 0.333 e. The van der Waals surface area contributed by atoms with Crippen LogP contribution in [0.1, 0.15) is 35.7 Å². The van der Waals surface area contributed by atoms with Crippen LogP contribution in [0, 0.1) is 0 Å². The van der Waals surface area contributed by atoms with E-state index in [0.29, 0.717) is 11.1 Å². The van der Waals surface area contributed by atoms with Gasteiger partial charge in [0.25, 0.3) is 5.91 Å². The van der Waals surface area contributed by atoms with Crippen LogP contribution in [0.3, 0.4) is 0 Å². The molecule has 1 aliphatic rings. The normalized spacial score (nSPS) is 16.3. The van der Waals surface area contributed by atoms with Crippen molar-refractivity contribution in [3.05, 3.63) is 65.7 Å². The van der Waals surface area contributed by atoms with Crippen molar-refractivity contribution in [1.82, 2.24) is 5.32 Å². The second-order valence-electron chi connectivity index (χ2n) is 6.49. The number of carboxylic acids is 1. The van der Waals surface area contributed by atoms with Crippen molar-refractivity contribution in [2.24, 2.45) is 0 Å². The third-order valence-corrected chi connectivity index (χ3v) is 4.72. The molecule has 1 atom stereocenters.